The minimum atomic E-state index is 0.00752. The molecule has 1 saturated heterocycles. The Kier molecular flexibility index (Phi) is 3.74. The number of carbonyl (C=O) groups is 1. The molecule has 0 aliphatic carbocycles. The summed E-state index contributed by atoms with van der Waals surface area (Å²) in [5.74, 6) is 1.00. The Hall–Kier alpha value is -1.81. The largest absolute Gasteiger partial charge is 0.461 e. The van der Waals surface area contributed by atoms with Crippen LogP contribution in [-0.4, -0.2) is 25.2 Å². The maximum Gasteiger partial charge on any atom is 0.225 e. The fraction of sp³-hybridized carbons (Fsp3) is 0.438. The second kappa shape index (κ2) is 5.67. The van der Waals surface area contributed by atoms with Crippen molar-refractivity contribution in [1.29, 1.82) is 0 Å². The van der Waals surface area contributed by atoms with Gasteiger partial charge in [-0.2, -0.15) is 0 Å². The van der Waals surface area contributed by atoms with Crippen molar-refractivity contribution in [3.63, 3.8) is 0 Å². The van der Waals surface area contributed by atoms with Crippen LogP contribution in [0.1, 0.15) is 19.1 Å². The molecular weight excluding hydrogens is 254 g/mol. The highest BCUT2D eigenvalue weighted by Gasteiger charge is 2.24. The van der Waals surface area contributed by atoms with Crippen LogP contribution in [0.25, 0.3) is 11.0 Å². The van der Waals surface area contributed by atoms with Crippen LogP contribution in [0, 0.1) is 5.92 Å². The van der Waals surface area contributed by atoms with Crippen LogP contribution >= 0.6 is 0 Å². The van der Waals surface area contributed by atoms with Crippen LogP contribution < -0.4 is 5.32 Å². The van der Waals surface area contributed by atoms with Gasteiger partial charge in [0.15, 0.2) is 0 Å². The number of para-hydroxylation sites is 1. The molecule has 20 heavy (non-hydrogen) atoms. The Morgan fingerprint density at radius 3 is 3.05 bits per heavy atom. The standard InChI is InChI=1S/C16H19NO3/c1-11(17-16(18)13-6-7-19-10-13)8-14-9-12-4-2-3-5-15(12)20-14/h2-5,9,11,13H,6-8,10H2,1H3,(H,17,18)/t11-,13+/m1/s1. The Balaban J connectivity index is 1.60. The van der Waals surface area contributed by atoms with Crippen LogP contribution in [0.2, 0.25) is 0 Å². The molecule has 1 fully saturated rings. The highest BCUT2D eigenvalue weighted by atomic mass is 16.5. The molecule has 4 heteroatoms. The molecule has 0 radical (unpaired) electrons. The smallest absolute Gasteiger partial charge is 0.225 e. The molecule has 2 aromatic rings. The summed E-state index contributed by atoms with van der Waals surface area (Å²) in [4.78, 5) is 12.0. The van der Waals surface area contributed by atoms with E-state index in [0.717, 1.165) is 23.2 Å². The summed E-state index contributed by atoms with van der Waals surface area (Å²) < 4.78 is 11.0. The minimum absolute atomic E-state index is 0.00752. The van der Waals surface area contributed by atoms with E-state index in [4.69, 9.17) is 9.15 Å². The van der Waals surface area contributed by atoms with Gasteiger partial charge in [0, 0.05) is 24.5 Å². The van der Waals surface area contributed by atoms with Crippen LogP contribution in [0.3, 0.4) is 0 Å². The average molecular weight is 273 g/mol. The fourth-order valence-corrected chi connectivity index (χ4v) is 2.59. The molecule has 2 atom stereocenters. The molecule has 1 aromatic heterocycles. The summed E-state index contributed by atoms with van der Waals surface area (Å²) in [7, 11) is 0. The van der Waals surface area contributed by atoms with Gasteiger partial charge in [0.1, 0.15) is 11.3 Å². The maximum atomic E-state index is 12.0. The van der Waals surface area contributed by atoms with Crippen molar-refractivity contribution in [2.24, 2.45) is 5.92 Å². The van der Waals surface area contributed by atoms with Gasteiger partial charge >= 0.3 is 0 Å². The first-order valence-corrected chi connectivity index (χ1v) is 7.08. The van der Waals surface area contributed by atoms with Gasteiger partial charge in [-0.05, 0) is 25.5 Å². The maximum absolute atomic E-state index is 12.0. The molecule has 1 aliphatic heterocycles. The SMILES string of the molecule is C[C@H](Cc1cc2ccccc2o1)NC(=O)[C@H]1CCOC1. The van der Waals surface area contributed by atoms with Crippen molar-refractivity contribution in [2.75, 3.05) is 13.2 Å². The summed E-state index contributed by atoms with van der Waals surface area (Å²) in [5, 5.41) is 4.14. The summed E-state index contributed by atoms with van der Waals surface area (Å²) in [6, 6.07) is 10.0. The van der Waals surface area contributed by atoms with Crippen molar-refractivity contribution in [1.82, 2.24) is 5.32 Å². The van der Waals surface area contributed by atoms with Crippen molar-refractivity contribution < 1.29 is 13.9 Å². The van der Waals surface area contributed by atoms with Gasteiger partial charge in [-0.1, -0.05) is 18.2 Å². The Morgan fingerprint density at radius 1 is 1.45 bits per heavy atom. The Morgan fingerprint density at radius 2 is 2.30 bits per heavy atom. The second-order valence-electron chi connectivity index (χ2n) is 5.42. The predicted molar refractivity (Wildman–Crippen MR) is 76.4 cm³/mol. The van der Waals surface area contributed by atoms with Gasteiger partial charge in [0.05, 0.1) is 12.5 Å². The second-order valence-corrected chi connectivity index (χ2v) is 5.42. The highest BCUT2D eigenvalue weighted by Crippen LogP contribution is 2.20. The molecule has 0 bridgehead atoms. The van der Waals surface area contributed by atoms with Crippen molar-refractivity contribution in [3.05, 3.63) is 36.1 Å². The lowest BCUT2D eigenvalue weighted by molar-refractivity contribution is -0.125. The number of hydrogen-bond donors (Lipinski definition) is 1. The van der Waals surface area contributed by atoms with Crippen LogP contribution in [-0.2, 0) is 16.0 Å². The monoisotopic (exact) mass is 273 g/mol. The van der Waals surface area contributed by atoms with E-state index in [1.807, 2.05) is 37.3 Å². The zero-order valence-electron chi connectivity index (χ0n) is 11.6. The normalized spacial score (nSPS) is 20.1. The fourth-order valence-electron chi connectivity index (χ4n) is 2.59. The number of fused-ring (bicyclic) bond motifs is 1. The van der Waals surface area contributed by atoms with E-state index in [1.54, 1.807) is 0 Å². The molecule has 4 nitrogen and oxygen atoms in total. The van der Waals surface area contributed by atoms with E-state index in [0.29, 0.717) is 19.6 Å². The number of hydrogen-bond acceptors (Lipinski definition) is 3. The van der Waals surface area contributed by atoms with Gasteiger partial charge in [-0.3, -0.25) is 4.79 Å². The Labute approximate surface area is 118 Å². The van der Waals surface area contributed by atoms with Crippen molar-refractivity contribution >= 4 is 16.9 Å². The first-order valence-electron chi connectivity index (χ1n) is 7.08. The molecular formula is C16H19NO3. The molecule has 1 N–H and O–H groups in total. The van der Waals surface area contributed by atoms with E-state index in [2.05, 4.69) is 5.32 Å². The number of rotatable bonds is 4. The molecule has 0 spiro atoms. The first-order chi connectivity index (χ1) is 9.72. The van der Waals surface area contributed by atoms with E-state index in [9.17, 15) is 4.79 Å². The zero-order valence-corrected chi connectivity index (χ0v) is 11.6. The number of ether oxygens (including phenoxy) is 1. The molecule has 106 valence electrons. The average Bonchev–Trinajstić information content (AvgIpc) is 3.07. The molecule has 1 amide bonds. The summed E-state index contributed by atoms with van der Waals surface area (Å²) in [6.45, 7) is 3.24. The zero-order chi connectivity index (χ0) is 13.9. The third-order valence-corrected chi connectivity index (χ3v) is 3.67. The minimum Gasteiger partial charge on any atom is -0.461 e. The summed E-state index contributed by atoms with van der Waals surface area (Å²) in [5.41, 5.74) is 0.894. The van der Waals surface area contributed by atoms with Gasteiger partial charge < -0.3 is 14.5 Å². The van der Waals surface area contributed by atoms with Crippen molar-refractivity contribution in [2.45, 2.75) is 25.8 Å². The third-order valence-electron chi connectivity index (χ3n) is 3.67. The lowest BCUT2D eigenvalue weighted by Crippen LogP contribution is -2.38. The Bertz CT molecular complexity index is 566. The summed E-state index contributed by atoms with van der Waals surface area (Å²) in [6.07, 6.45) is 1.52. The van der Waals surface area contributed by atoms with Gasteiger partial charge in [-0.15, -0.1) is 0 Å². The summed E-state index contributed by atoms with van der Waals surface area (Å²) >= 11 is 0. The van der Waals surface area contributed by atoms with Crippen LogP contribution in [0.5, 0.6) is 0 Å². The third kappa shape index (κ3) is 2.85. The topological polar surface area (TPSA) is 51.5 Å². The lowest BCUT2D eigenvalue weighted by Gasteiger charge is -2.15. The molecule has 0 unspecified atom stereocenters. The molecule has 0 saturated carbocycles. The van der Waals surface area contributed by atoms with Crippen LogP contribution in [0.15, 0.2) is 34.7 Å². The first kappa shape index (κ1) is 13.2. The quantitative estimate of drug-likeness (QED) is 0.931. The molecule has 3 rings (SSSR count). The van der Waals surface area contributed by atoms with E-state index >= 15 is 0 Å². The number of carbonyl (C=O) groups excluding carboxylic acids is 1. The van der Waals surface area contributed by atoms with E-state index in [1.165, 1.54) is 0 Å². The lowest BCUT2D eigenvalue weighted by atomic mass is 10.1. The van der Waals surface area contributed by atoms with Crippen LogP contribution in [0.4, 0.5) is 0 Å². The molecule has 1 aliphatic rings. The number of amides is 1. The van der Waals surface area contributed by atoms with E-state index < -0.39 is 0 Å². The predicted octanol–water partition coefficient (Wildman–Crippen LogP) is 2.52. The molecule has 2 heterocycles. The van der Waals surface area contributed by atoms with Gasteiger partial charge in [-0.25, -0.2) is 0 Å². The van der Waals surface area contributed by atoms with Gasteiger partial charge in [0.25, 0.3) is 0 Å². The highest BCUT2D eigenvalue weighted by molar-refractivity contribution is 5.79. The number of benzene rings is 1. The van der Waals surface area contributed by atoms with Gasteiger partial charge in [0.2, 0.25) is 5.91 Å². The van der Waals surface area contributed by atoms with E-state index in [-0.39, 0.29) is 17.9 Å². The number of nitrogens with one attached hydrogen (secondary N) is 1. The van der Waals surface area contributed by atoms with Crippen molar-refractivity contribution in [3.8, 4) is 0 Å². The number of furan rings is 1. The molecule has 1 aromatic carbocycles.